The average Bonchev–Trinajstić information content (AvgIpc) is 3.11. The Bertz CT molecular complexity index is 769. The Kier molecular flexibility index (Phi) is 5.66. The molecule has 0 saturated carbocycles. The maximum absolute atomic E-state index is 12.4. The highest BCUT2D eigenvalue weighted by atomic mass is 35.5. The molecule has 0 bridgehead atoms. The predicted octanol–water partition coefficient (Wildman–Crippen LogP) is 2.62. The molecule has 0 aliphatic carbocycles. The third kappa shape index (κ3) is 4.27. The zero-order valence-corrected chi connectivity index (χ0v) is 16.1. The molecule has 140 valence electrons. The van der Waals surface area contributed by atoms with Crippen molar-refractivity contribution in [1.82, 2.24) is 20.1 Å². The summed E-state index contributed by atoms with van der Waals surface area (Å²) in [6, 6.07) is 5.38. The van der Waals surface area contributed by atoms with Gasteiger partial charge in [0.25, 0.3) is 5.91 Å². The lowest BCUT2D eigenvalue weighted by Crippen LogP contribution is -2.40. The molecule has 1 N–H and O–H groups in total. The van der Waals surface area contributed by atoms with E-state index in [1.165, 1.54) is 0 Å². The van der Waals surface area contributed by atoms with E-state index in [2.05, 4.69) is 15.2 Å². The van der Waals surface area contributed by atoms with Crippen molar-refractivity contribution in [2.75, 3.05) is 38.7 Å². The average molecular weight is 378 g/mol. The fourth-order valence-electron chi connectivity index (χ4n) is 3.06. The maximum atomic E-state index is 12.4. The molecule has 0 spiro atoms. The molecule has 1 saturated heterocycles. The van der Waals surface area contributed by atoms with Gasteiger partial charge in [-0.15, -0.1) is 5.10 Å². The van der Waals surface area contributed by atoms with E-state index in [0.29, 0.717) is 35.7 Å². The Labute approximate surface area is 158 Å². The molecule has 1 aromatic heterocycles. The van der Waals surface area contributed by atoms with Crippen LogP contribution in [0.1, 0.15) is 30.1 Å². The Morgan fingerprint density at radius 3 is 2.73 bits per heavy atom. The second-order valence-corrected chi connectivity index (χ2v) is 7.21. The SMILES string of the molecule is Cc1cc(Cl)ccc1OCC(=O)N1CCC(c2nc(N(C)C)n[nH]2)CC1. The normalized spacial score (nSPS) is 15.2. The maximum Gasteiger partial charge on any atom is 0.260 e. The lowest BCUT2D eigenvalue weighted by atomic mass is 9.96. The first-order chi connectivity index (χ1) is 12.4. The Hall–Kier alpha value is -2.28. The number of aryl methyl sites for hydroxylation is 1. The van der Waals surface area contributed by atoms with Crippen LogP contribution in [0.15, 0.2) is 18.2 Å². The molecule has 3 rings (SSSR count). The number of ether oxygens (including phenoxy) is 1. The number of piperidine rings is 1. The summed E-state index contributed by atoms with van der Waals surface area (Å²) in [6.45, 7) is 3.35. The van der Waals surface area contributed by atoms with Gasteiger partial charge in [0.1, 0.15) is 11.6 Å². The van der Waals surface area contributed by atoms with E-state index in [1.54, 1.807) is 12.1 Å². The molecule has 2 aromatic rings. The highest BCUT2D eigenvalue weighted by Gasteiger charge is 2.26. The zero-order valence-electron chi connectivity index (χ0n) is 15.3. The van der Waals surface area contributed by atoms with Gasteiger partial charge in [-0.25, -0.2) is 0 Å². The topological polar surface area (TPSA) is 74.3 Å². The van der Waals surface area contributed by atoms with Crippen molar-refractivity contribution in [2.45, 2.75) is 25.7 Å². The first-order valence-corrected chi connectivity index (χ1v) is 9.08. The van der Waals surface area contributed by atoms with Gasteiger partial charge in [0.05, 0.1) is 0 Å². The van der Waals surface area contributed by atoms with Crippen molar-refractivity contribution in [3.8, 4) is 5.75 Å². The van der Waals surface area contributed by atoms with Gasteiger partial charge in [-0.2, -0.15) is 4.98 Å². The van der Waals surface area contributed by atoms with Gasteiger partial charge in [0.15, 0.2) is 6.61 Å². The standard InChI is InChI=1S/C18H24ClN5O2/c1-12-10-14(19)4-5-15(12)26-11-16(25)24-8-6-13(7-9-24)17-20-18(22-21-17)23(2)3/h4-5,10,13H,6-9,11H2,1-3H3,(H,20,21,22). The summed E-state index contributed by atoms with van der Waals surface area (Å²) in [5.74, 6) is 2.58. The molecule has 1 aliphatic heterocycles. The number of likely N-dealkylation sites (tertiary alicyclic amines) is 1. The van der Waals surface area contributed by atoms with E-state index in [0.717, 1.165) is 24.2 Å². The van der Waals surface area contributed by atoms with Crippen molar-refractivity contribution in [3.05, 3.63) is 34.6 Å². The van der Waals surface area contributed by atoms with Gasteiger partial charge in [-0.05, 0) is 43.5 Å². The molecular weight excluding hydrogens is 354 g/mol. The number of rotatable bonds is 5. The Morgan fingerprint density at radius 2 is 2.12 bits per heavy atom. The van der Waals surface area contributed by atoms with Gasteiger partial charge < -0.3 is 14.5 Å². The van der Waals surface area contributed by atoms with E-state index < -0.39 is 0 Å². The minimum atomic E-state index is 0.00403. The van der Waals surface area contributed by atoms with E-state index >= 15 is 0 Å². The summed E-state index contributed by atoms with van der Waals surface area (Å²) in [7, 11) is 3.83. The van der Waals surface area contributed by atoms with Crippen molar-refractivity contribution < 1.29 is 9.53 Å². The first kappa shape index (κ1) is 18.5. The monoisotopic (exact) mass is 377 g/mol. The fraction of sp³-hybridized carbons (Fsp3) is 0.500. The number of anilines is 1. The number of benzene rings is 1. The quantitative estimate of drug-likeness (QED) is 0.866. The van der Waals surface area contributed by atoms with Gasteiger partial charge in [-0.1, -0.05) is 11.6 Å². The molecule has 7 nitrogen and oxygen atoms in total. The third-order valence-corrected chi connectivity index (χ3v) is 4.85. The number of nitrogens with one attached hydrogen (secondary N) is 1. The van der Waals surface area contributed by atoms with E-state index in [1.807, 2.05) is 36.9 Å². The summed E-state index contributed by atoms with van der Waals surface area (Å²) < 4.78 is 5.66. The van der Waals surface area contributed by atoms with Crippen molar-refractivity contribution in [2.24, 2.45) is 0 Å². The molecule has 0 unspecified atom stereocenters. The number of aromatic nitrogens is 3. The number of halogens is 1. The molecule has 2 heterocycles. The Morgan fingerprint density at radius 1 is 1.38 bits per heavy atom. The number of carbonyl (C=O) groups excluding carboxylic acids is 1. The molecule has 26 heavy (non-hydrogen) atoms. The molecule has 1 fully saturated rings. The van der Waals surface area contributed by atoms with Crippen LogP contribution in [0.5, 0.6) is 5.75 Å². The summed E-state index contributed by atoms with van der Waals surface area (Å²) >= 11 is 5.94. The van der Waals surface area contributed by atoms with Crippen LogP contribution in [0.3, 0.4) is 0 Å². The van der Waals surface area contributed by atoms with E-state index in [9.17, 15) is 4.79 Å². The summed E-state index contributed by atoms with van der Waals surface area (Å²) in [6.07, 6.45) is 1.74. The van der Waals surface area contributed by atoms with Crippen molar-refractivity contribution in [1.29, 1.82) is 0 Å². The van der Waals surface area contributed by atoms with Crippen LogP contribution in [-0.2, 0) is 4.79 Å². The highest BCUT2D eigenvalue weighted by Crippen LogP contribution is 2.27. The fourth-order valence-corrected chi connectivity index (χ4v) is 3.28. The number of H-pyrrole nitrogens is 1. The largest absolute Gasteiger partial charge is 0.483 e. The van der Waals surface area contributed by atoms with Crippen LogP contribution >= 0.6 is 11.6 Å². The number of nitrogens with zero attached hydrogens (tertiary/aromatic N) is 4. The number of aromatic amines is 1. The van der Waals surface area contributed by atoms with Gasteiger partial charge in [-0.3, -0.25) is 9.89 Å². The molecule has 0 radical (unpaired) electrons. The third-order valence-electron chi connectivity index (χ3n) is 4.61. The summed E-state index contributed by atoms with van der Waals surface area (Å²) in [5.41, 5.74) is 0.922. The number of hydrogen-bond donors (Lipinski definition) is 1. The molecule has 0 atom stereocenters. The molecule has 1 amide bonds. The Balaban J connectivity index is 1.50. The van der Waals surface area contributed by atoms with Crippen LogP contribution in [0.2, 0.25) is 5.02 Å². The van der Waals surface area contributed by atoms with Gasteiger partial charge >= 0.3 is 0 Å². The van der Waals surface area contributed by atoms with Gasteiger partial charge in [0.2, 0.25) is 5.95 Å². The van der Waals surface area contributed by atoms with Gasteiger partial charge in [0, 0.05) is 38.1 Å². The lowest BCUT2D eigenvalue weighted by molar-refractivity contribution is -0.134. The van der Waals surface area contributed by atoms with Crippen molar-refractivity contribution >= 4 is 23.5 Å². The molecular formula is C18H24ClN5O2. The van der Waals surface area contributed by atoms with E-state index in [4.69, 9.17) is 16.3 Å². The number of carbonyl (C=O) groups is 1. The molecule has 8 heteroatoms. The zero-order chi connectivity index (χ0) is 18.7. The summed E-state index contributed by atoms with van der Waals surface area (Å²) in [4.78, 5) is 20.7. The van der Waals surface area contributed by atoms with Crippen LogP contribution in [0.4, 0.5) is 5.95 Å². The second kappa shape index (κ2) is 7.95. The minimum absolute atomic E-state index is 0.00403. The second-order valence-electron chi connectivity index (χ2n) is 6.77. The molecule has 1 aromatic carbocycles. The van der Waals surface area contributed by atoms with Crippen LogP contribution in [-0.4, -0.2) is 59.8 Å². The van der Waals surface area contributed by atoms with Crippen molar-refractivity contribution in [3.63, 3.8) is 0 Å². The smallest absolute Gasteiger partial charge is 0.260 e. The van der Waals surface area contributed by atoms with Crippen LogP contribution in [0, 0.1) is 6.92 Å². The number of amides is 1. The van der Waals surface area contributed by atoms with E-state index in [-0.39, 0.29) is 12.5 Å². The predicted molar refractivity (Wildman–Crippen MR) is 101 cm³/mol. The van der Waals surface area contributed by atoms with Crippen LogP contribution < -0.4 is 9.64 Å². The molecule has 1 aliphatic rings. The lowest BCUT2D eigenvalue weighted by Gasteiger charge is -2.31. The van der Waals surface area contributed by atoms with Crippen LogP contribution in [0.25, 0.3) is 0 Å². The highest BCUT2D eigenvalue weighted by molar-refractivity contribution is 6.30. The first-order valence-electron chi connectivity index (χ1n) is 8.70. The minimum Gasteiger partial charge on any atom is -0.483 e. The summed E-state index contributed by atoms with van der Waals surface area (Å²) in [5, 5.41) is 7.88. The number of hydrogen-bond acceptors (Lipinski definition) is 5.